The Labute approximate surface area is 125 Å². The van der Waals surface area contributed by atoms with Gasteiger partial charge in [-0.25, -0.2) is 0 Å². The van der Waals surface area contributed by atoms with E-state index in [1.807, 2.05) is 22.9 Å². The lowest BCUT2D eigenvalue weighted by Gasteiger charge is -2.12. The lowest BCUT2D eigenvalue weighted by Crippen LogP contribution is -2.35. The fourth-order valence-corrected chi connectivity index (χ4v) is 2.58. The van der Waals surface area contributed by atoms with Crippen molar-refractivity contribution in [2.45, 2.75) is 13.0 Å². The molecule has 2 N–H and O–H groups in total. The third-order valence-electron chi connectivity index (χ3n) is 3.05. The Bertz CT molecular complexity index is 766. The fourth-order valence-electron chi connectivity index (χ4n) is 1.94. The number of hydrogen-bond acceptors (Lipinski definition) is 6. The number of carbonyl (C=O) groups excluding carboxylic acids is 1. The second-order valence-corrected chi connectivity index (χ2v) is 5.28. The Hall–Kier alpha value is -2.48. The number of carbonyl (C=O) groups is 1. The van der Waals surface area contributed by atoms with Crippen LogP contribution in [-0.2, 0) is 4.79 Å². The number of hydrogen-bond donors (Lipinski definition) is 2. The lowest BCUT2D eigenvalue weighted by molar-refractivity contribution is -0.121. The zero-order valence-corrected chi connectivity index (χ0v) is 12.4. The normalized spacial score (nSPS) is 12.3. The second kappa shape index (κ2) is 5.49. The quantitative estimate of drug-likeness (QED) is 0.761. The molecule has 21 heavy (non-hydrogen) atoms. The molecule has 3 aromatic rings. The molecule has 3 aromatic heterocycles. The standard InChI is InChI=1S/C13H14N6OS/c1-8(13(20)14-2)15-10-3-4-11-16-17-12(19(11)18-10)9-5-6-21-7-9/h3-8H,1-2H3,(H,14,20)(H,15,18)/t8-/m1/s1. The summed E-state index contributed by atoms with van der Waals surface area (Å²) in [5, 5.41) is 22.3. The summed E-state index contributed by atoms with van der Waals surface area (Å²) in [4.78, 5) is 11.6. The third kappa shape index (κ3) is 2.57. The molecule has 1 atom stereocenters. The van der Waals surface area contributed by atoms with Crippen molar-refractivity contribution < 1.29 is 4.79 Å². The van der Waals surface area contributed by atoms with E-state index in [0.717, 1.165) is 5.56 Å². The zero-order valence-electron chi connectivity index (χ0n) is 11.6. The molecule has 7 nitrogen and oxygen atoms in total. The average Bonchev–Trinajstić information content (AvgIpc) is 3.14. The Kier molecular flexibility index (Phi) is 3.53. The summed E-state index contributed by atoms with van der Waals surface area (Å²) in [5.74, 6) is 1.18. The molecule has 0 unspecified atom stereocenters. The van der Waals surface area contributed by atoms with Gasteiger partial charge in [0.1, 0.15) is 11.9 Å². The highest BCUT2D eigenvalue weighted by atomic mass is 32.1. The van der Waals surface area contributed by atoms with Crippen LogP contribution in [0.1, 0.15) is 6.92 Å². The number of thiophene rings is 1. The van der Waals surface area contributed by atoms with Crippen molar-refractivity contribution in [3.8, 4) is 11.4 Å². The van der Waals surface area contributed by atoms with Crippen LogP contribution in [0.3, 0.4) is 0 Å². The van der Waals surface area contributed by atoms with Gasteiger partial charge in [-0.2, -0.15) is 15.9 Å². The van der Waals surface area contributed by atoms with Crippen molar-refractivity contribution in [3.05, 3.63) is 29.0 Å². The maximum Gasteiger partial charge on any atom is 0.241 e. The summed E-state index contributed by atoms with van der Waals surface area (Å²) in [6.07, 6.45) is 0. The van der Waals surface area contributed by atoms with Crippen LogP contribution in [0.4, 0.5) is 5.82 Å². The minimum Gasteiger partial charge on any atom is -0.357 e. The predicted molar refractivity (Wildman–Crippen MR) is 81.2 cm³/mol. The lowest BCUT2D eigenvalue weighted by atomic mass is 10.3. The molecule has 0 saturated heterocycles. The summed E-state index contributed by atoms with van der Waals surface area (Å²) < 4.78 is 1.67. The Morgan fingerprint density at radius 2 is 2.19 bits per heavy atom. The van der Waals surface area contributed by atoms with Gasteiger partial charge in [0.15, 0.2) is 11.5 Å². The first-order valence-corrected chi connectivity index (χ1v) is 7.36. The number of fused-ring (bicyclic) bond motifs is 1. The van der Waals surface area contributed by atoms with Gasteiger partial charge >= 0.3 is 0 Å². The average molecular weight is 302 g/mol. The van der Waals surface area contributed by atoms with E-state index in [1.54, 1.807) is 35.9 Å². The molecule has 0 bridgehead atoms. The van der Waals surface area contributed by atoms with Crippen molar-refractivity contribution in [3.63, 3.8) is 0 Å². The van der Waals surface area contributed by atoms with Crippen LogP contribution in [0, 0.1) is 0 Å². The van der Waals surface area contributed by atoms with Gasteiger partial charge in [0, 0.05) is 18.0 Å². The molecule has 0 aliphatic heterocycles. The van der Waals surface area contributed by atoms with Crippen molar-refractivity contribution in [2.24, 2.45) is 0 Å². The molecule has 0 aliphatic rings. The monoisotopic (exact) mass is 302 g/mol. The van der Waals surface area contributed by atoms with Crippen LogP contribution >= 0.6 is 11.3 Å². The third-order valence-corrected chi connectivity index (χ3v) is 3.73. The van der Waals surface area contributed by atoms with Gasteiger partial charge in [0.05, 0.1) is 0 Å². The molecule has 1 amide bonds. The Morgan fingerprint density at radius 1 is 1.33 bits per heavy atom. The topological polar surface area (TPSA) is 84.2 Å². The van der Waals surface area contributed by atoms with Gasteiger partial charge in [-0.3, -0.25) is 4.79 Å². The molecular weight excluding hydrogens is 288 g/mol. The van der Waals surface area contributed by atoms with Gasteiger partial charge in [-0.1, -0.05) is 0 Å². The molecule has 0 spiro atoms. The molecule has 0 fully saturated rings. The highest BCUT2D eigenvalue weighted by Gasteiger charge is 2.13. The van der Waals surface area contributed by atoms with Crippen molar-refractivity contribution in [2.75, 3.05) is 12.4 Å². The summed E-state index contributed by atoms with van der Waals surface area (Å²) in [5.41, 5.74) is 1.63. The smallest absolute Gasteiger partial charge is 0.241 e. The molecule has 0 radical (unpaired) electrons. The number of aromatic nitrogens is 4. The largest absolute Gasteiger partial charge is 0.357 e. The molecule has 0 aliphatic carbocycles. The zero-order chi connectivity index (χ0) is 14.8. The van der Waals surface area contributed by atoms with E-state index in [2.05, 4.69) is 25.9 Å². The molecule has 8 heteroatoms. The maximum absolute atomic E-state index is 11.6. The highest BCUT2D eigenvalue weighted by Crippen LogP contribution is 2.20. The number of amides is 1. The van der Waals surface area contributed by atoms with E-state index in [1.165, 1.54) is 0 Å². The number of nitrogens with zero attached hydrogens (tertiary/aromatic N) is 4. The summed E-state index contributed by atoms with van der Waals surface area (Å²) in [6, 6.07) is 5.19. The summed E-state index contributed by atoms with van der Waals surface area (Å²) in [7, 11) is 1.60. The summed E-state index contributed by atoms with van der Waals surface area (Å²) >= 11 is 1.59. The van der Waals surface area contributed by atoms with Crippen molar-refractivity contribution in [1.82, 2.24) is 25.1 Å². The maximum atomic E-state index is 11.6. The summed E-state index contributed by atoms with van der Waals surface area (Å²) in [6.45, 7) is 1.77. The van der Waals surface area contributed by atoms with Crippen LogP contribution in [0.5, 0.6) is 0 Å². The van der Waals surface area contributed by atoms with Crippen LogP contribution in [0.25, 0.3) is 17.0 Å². The molecule has 108 valence electrons. The number of rotatable bonds is 4. The van der Waals surface area contributed by atoms with Crippen LogP contribution in [-0.4, -0.2) is 38.8 Å². The van der Waals surface area contributed by atoms with E-state index >= 15 is 0 Å². The SMILES string of the molecule is CNC(=O)[C@@H](C)Nc1ccc2nnc(-c3ccsc3)n2n1. The predicted octanol–water partition coefficient (Wildman–Crippen LogP) is 1.40. The fraction of sp³-hybridized carbons (Fsp3) is 0.231. The van der Waals surface area contributed by atoms with Crippen molar-refractivity contribution in [1.29, 1.82) is 0 Å². The van der Waals surface area contributed by atoms with E-state index in [-0.39, 0.29) is 11.9 Å². The first-order valence-electron chi connectivity index (χ1n) is 6.42. The van der Waals surface area contributed by atoms with E-state index in [0.29, 0.717) is 17.3 Å². The molecule has 3 heterocycles. The van der Waals surface area contributed by atoms with Crippen molar-refractivity contribution >= 4 is 28.7 Å². The minimum atomic E-state index is -0.374. The van der Waals surface area contributed by atoms with Gasteiger partial charge in [0.2, 0.25) is 5.91 Å². The molecule has 3 rings (SSSR count). The van der Waals surface area contributed by atoms with Crippen LogP contribution in [0.15, 0.2) is 29.0 Å². The van der Waals surface area contributed by atoms with Crippen LogP contribution < -0.4 is 10.6 Å². The first-order chi connectivity index (χ1) is 10.2. The first kappa shape index (κ1) is 13.5. The van der Waals surface area contributed by atoms with E-state index < -0.39 is 0 Å². The Balaban J connectivity index is 1.95. The van der Waals surface area contributed by atoms with Gasteiger partial charge in [-0.15, -0.1) is 15.3 Å². The van der Waals surface area contributed by atoms with Gasteiger partial charge in [-0.05, 0) is 30.5 Å². The minimum absolute atomic E-state index is 0.0984. The van der Waals surface area contributed by atoms with Crippen LogP contribution in [0.2, 0.25) is 0 Å². The number of likely N-dealkylation sites (N-methyl/N-ethyl adjacent to an activating group) is 1. The van der Waals surface area contributed by atoms with Gasteiger partial charge in [0.25, 0.3) is 0 Å². The Morgan fingerprint density at radius 3 is 2.90 bits per heavy atom. The van der Waals surface area contributed by atoms with E-state index in [9.17, 15) is 4.79 Å². The second-order valence-electron chi connectivity index (χ2n) is 4.50. The number of nitrogens with one attached hydrogen (secondary N) is 2. The van der Waals surface area contributed by atoms with E-state index in [4.69, 9.17) is 0 Å². The molecule has 0 aromatic carbocycles. The number of anilines is 1. The molecule has 0 saturated carbocycles. The molecular formula is C13H14N6OS. The van der Waals surface area contributed by atoms with Gasteiger partial charge < -0.3 is 10.6 Å². The highest BCUT2D eigenvalue weighted by molar-refractivity contribution is 7.08.